The fourth-order valence-corrected chi connectivity index (χ4v) is 0.402. The number of rotatable bonds is 0. The van der Waals surface area contributed by atoms with Crippen molar-refractivity contribution in [2.45, 2.75) is 5.91 Å². The summed E-state index contributed by atoms with van der Waals surface area (Å²) in [6.45, 7) is -0.411. The van der Waals surface area contributed by atoms with E-state index in [0.29, 0.717) is 0 Å². The van der Waals surface area contributed by atoms with Crippen molar-refractivity contribution >= 4 is 6.09 Å². The number of ether oxygens (including phenoxy) is 1. The third kappa shape index (κ3) is 0.877. The number of carbonyl (C=O) groups is 1. The second-order valence-electron chi connectivity index (χ2n) is 1.52. The fraction of sp³-hybridized carbons (Fsp3) is 0.667. The first-order chi connectivity index (χ1) is 3.60. The summed E-state index contributed by atoms with van der Waals surface area (Å²) in [4.78, 5) is 10.0. The Morgan fingerprint density at radius 3 is 2.50 bits per heavy atom. The van der Waals surface area contributed by atoms with Crippen LogP contribution in [-0.2, 0) is 4.74 Å². The van der Waals surface area contributed by atoms with Crippen molar-refractivity contribution in [3.63, 3.8) is 0 Å². The maximum absolute atomic E-state index is 10.0. The van der Waals surface area contributed by atoms with Gasteiger partial charge in [-0.3, -0.25) is 5.32 Å². The van der Waals surface area contributed by atoms with E-state index in [1.165, 1.54) is 0 Å². The average Bonchev–Trinajstić information content (AvgIpc) is 1.82. The number of cyclic esters (lactones) is 1. The quantitative estimate of drug-likeness (QED) is 0.334. The Hall–Kier alpha value is -0.810. The lowest BCUT2D eigenvalue weighted by Gasteiger charge is -2.07. The highest BCUT2D eigenvalue weighted by Crippen LogP contribution is 2.02. The summed E-state index contributed by atoms with van der Waals surface area (Å²) in [5.74, 6) is -2.16. The number of amides is 1. The third-order valence-electron chi connectivity index (χ3n) is 0.707. The summed E-state index contributed by atoms with van der Waals surface area (Å²) in [6, 6.07) is 0. The number of nitrogens with one attached hydrogen (secondary N) is 1. The number of hydrogen-bond acceptors (Lipinski definition) is 4. The highest BCUT2D eigenvalue weighted by Gasteiger charge is 2.34. The van der Waals surface area contributed by atoms with Gasteiger partial charge >= 0.3 is 6.09 Å². The normalized spacial score (nSPS) is 24.5. The van der Waals surface area contributed by atoms with Crippen molar-refractivity contribution in [2.75, 3.05) is 6.61 Å². The predicted octanol–water partition coefficient (Wildman–Crippen LogP) is -1.64. The monoisotopic (exact) mass is 119 g/mol. The topological polar surface area (TPSA) is 78.8 Å². The standard InChI is InChI=1S/C3H5NO4/c5-2-4-3(6,7)1-8-2/h6-7H,1H2,(H,4,5). The van der Waals surface area contributed by atoms with Gasteiger partial charge in [-0.1, -0.05) is 0 Å². The molecule has 0 aromatic heterocycles. The van der Waals surface area contributed by atoms with Gasteiger partial charge in [-0.15, -0.1) is 0 Å². The van der Waals surface area contributed by atoms with Gasteiger partial charge < -0.3 is 14.9 Å². The molecule has 0 aliphatic carbocycles. The molecule has 0 aromatic rings. The Labute approximate surface area is 44.9 Å². The van der Waals surface area contributed by atoms with E-state index in [1.807, 2.05) is 0 Å². The summed E-state index contributed by atoms with van der Waals surface area (Å²) in [5.41, 5.74) is 0. The van der Waals surface area contributed by atoms with E-state index < -0.39 is 18.6 Å². The zero-order chi connectivity index (χ0) is 6.20. The zero-order valence-corrected chi connectivity index (χ0v) is 3.92. The second-order valence-corrected chi connectivity index (χ2v) is 1.52. The van der Waals surface area contributed by atoms with E-state index in [4.69, 9.17) is 10.2 Å². The summed E-state index contributed by atoms with van der Waals surface area (Å²) >= 11 is 0. The van der Waals surface area contributed by atoms with Crippen LogP contribution in [0.1, 0.15) is 0 Å². The van der Waals surface area contributed by atoms with Gasteiger partial charge in [-0.05, 0) is 0 Å². The van der Waals surface area contributed by atoms with Crippen LogP contribution in [0, 0.1) is 0 Å². The Kier molecular flexibility index (Phi) is 0.887. The molecular weight excluding hydrogens is 114 g/mol. The highest BCUT2D eigenvalue weighted by atomic mass is 16.6. The van der Waals surface area contributed by atoms with E-state index in [2.05, 4.69) is 4.74 Å². The molecule has 5 heteroatoms. The summed E-state index contributed by atoms with van der Waals surface area (Å²) in [5, 5.41) is 18.7. The van der Waals surface area contributed by atoms with Crippen molar-refractivity contribution in [3.05, 3.63) is 0 Å². The Morgan fingerprint density at radius 1 is 1.75 bits per heavy atom. The molecule has 1 fully saturated rings. The largest absolute Gasteiger partial charge is 0.441 e. The van der Waals surface area contributed by atoms with E-state index in [9.17, 15) is 4.79 Å². The van der Waals surface area contributed by atoms with Crippen LogP contribution in [0.15, 0.2) is 0 Å². The fourth-order valence-electron chi connectivity index (χ4n) is 0.402. The molecule has 5 nitrogen and oxygen atoms in total. The third-order valence-corrected chi connectivity index (χ3v) is 0.707. The van der Waals surface area contributed by atoms with E-state index >= 15 is 0 Å². The molecule has 8 heavy (non-hydrogen) atoms. The van der Waals surface area contributed by atoms with Gasteiger partial charge in [-0.25, -0.2) is 4.79 Å². The van der Waals surface area contributed by atoms with Crippen LogP contribution in [0.5, 0.6) is 0 Å². The van der Waals surface area contributed by atoms with Crippen molar-refractivity contribution in [2.24, 2.45) is 0 Å². The molecule has 1 saturated heterocycles. The van der Waals surface area contributed by atoms with Crippen LogP contribution >= 0.6 is 0 Å². The molecule has 0 atom stereocenters. The molecule has 0 bridgehead atoms. The minimum atomic E-state index is -2.16. The molecular formula is C3H5NO4. The van der Waals surface area contributed by atoms with Crippen LogP contribution in [0.2, 0.25) is 0 Å². The lowest BCUT2D eigenvalue weighted by molar-refractivity contribution is -0.171. The second kappa shape index (κ2) is 1.33. The van der Waals surface area contributed by atoms with Gasteiger partial charge in [0.15, 0.2) is 6.61 Å². The van der Waals surface area contributed by atoms with Crippen LogP contribution in [0.4, 0.5) is 4.79 Å². The minimum absolute atomic E-state index is 0.411. The predicted molar refractivity (Wildman–Crippen MR) is 21.7 cm³/mol. The Balaban J connectivity index is 2.56. The molecule has 1 heterocycles. The van der Waals surface area contributed by atoms with Crippen LogP contribution in [0.3, 0.4) is 0 Å². The first kappa shape index (κ1) is 5.33. The molecule has 3 N–H and O–H groups in total. The highest BCUT2D eigenvalue weighted by molar-refractivity contribution is 5.69. The van der Waals surface area contributed by atoms with Crippen LogP contribution < -0.4 is 5.32 Å². The molecule has 1 aliphatic heterocycles. The summed E-state index contributed by atoms with van der Waals surface area (Å²) < 4.78 is 4.12. The molecule has 0 radical (unpaired) electrons. The van der Waals surface area contributed by atoms with E-state index in [1.54, 1.807) is 5.32 Å². The molecule has 0 saturated carbocycles. The first-order valence-corrected chi connectivity index (χ1v) is 2.00. The number of aliphatic hydroxyl groups is 2. The molecule has 1 aliphatic rings. The smallest absolute Gasteiger partial charge is 0.411 e. The van der Waals surface area contributed by atoms with Gasteiger partial charge in [-0.2, -0.15) is 0 Å². The number of hydrogen-bond donors (Lipinski definition) is 3. The minimum Gasteiger partial charge on any atom is -0.441 e. The zero-order valence-electron chi connectivity index (χ0n) is 3.92. The Bertz CT molecular complexity index is 120. The van der Waals surface area contributed by atoms with Crippen molar-refractivity contribution in [1.82, 2.24) is 5.32 Å². The van der Waals surface area contributed by atoms with Crippen molar-refractivity contribution in [1.29, 1.82) is 0 Å². The summed E-state index contributed by atoms with van der Waals surface area (Å²) in [7, 11) is 0. The lowest BCUT2D eigenvalue weighted by Crippen LogP contribution is -2.42. The van der Waals surface area contributed by atoms with Gasteiger partial charge in [0.2, 0.25) is 0 Å². The first-order valence-electron chi connectivity index (χ1n) is 2.00. The van der Waals surface area contributed by atoms with Gasteiger partial charge in [0.1, 0.15) is 0 Å². The van der Waals surface area contributed by atoms with Crippen molar-refractivity contribution in [3.8, 4) is 0 Å². The molecule has 0 spiro atoms. The number of carbonyl (C=O) groups excluding carboxylic acids is 1. The molecule has 0 unspecified atom stereocenters. The molecule has 1 amide bonds. The summed E-state index contributed by atoms with van der Waals surface area (Å²) in [6.07, 6.45) is -0.810. The molecule has 1 rings (SSSR count). The van der Waals surface area contributed by atoms with Crippen LogP contribution in [-0.4, -0.2) is 28.8 Å². The van der Waals surface area contributed by atoms with Gasteiger partial charge in [0, 0.05) is 0 Å². The van der Waals surface area contributed by atoms with Crippen LogP contribution in [0.25, 0.3) is 0 Å². The number of alkyl carbamates (subject to hydrolysis) is 1. The SMILES string of the molecule is O=C1NC(O)(O)CO1. The Morgan fingerprint density at radius 2 is 2.38 bits per heavy atom. The van der Waals surface area contributed by atoms with E-state index in [-0.39, 0.29) is 0 Å². The molecule has 0 aromatic carbocycles. The lowest BCUT2D eigenvalue weighted by atomic mass is 10.5. The van der Waals surface area contributed by atoms with E-state index in [0.717, 1.165) is 0 Å². The van der Waals surface area contributed by atoms with Gasteiger partial charge in [0.05, 0.1) is 0 Å². The maximum atomic E-state index is 10.0. The molecule has 46 valence electrons. The van der Waals surface area contributed by atoms with Crippen molar-refractivity contribution < 1.29 is 19.7 Å². The average molecular weight is 119 g/mol. The van der Waals surface area contributed by atoms with Gasteiger partial charge in [0.25, 0.3) is 5.91 Å². The maximum Gasteiger partial charge on any atom is 0.411 e.